The lowest BCUT2D eigenvalue weighted by atomic mass is 10.1. The monoisotopic (exact) mass is 368 g/mol. The highest BCUT2D eigenvalue weighted by molar-refractivity contribution is 5.92. The topological polar surface area (TPSA) is 78.2 Å². The van der Waals surface area contributed by atoms with Gasteiger partial charge < -0.3 is 14.6 Å². The molecule has 0 radical (unpaired) electrons. The number of hydrogen-bond donors (Lipinski definition) is 1. The van der Waals surface area contributed by atoms with E-state index in [1.807, 2.05) is 30.5 Å². The van der Waals surface area contributed by atoms with E-state index < -0.39 is 0 Å². The van der Waals surface area contributed by atoms with Crippen molar-refractivity contribution in [3.8, 4) is 16.9 Å². The Morgan fingerprint density at radius 3 is 2.89 bits per heavy atom. The Morgan fingerprint density at radius 2 is 2.15 bits per heavy atom. The van der Waals surface area contributed by atoms with Gasteiger partial charge in [0.25, 0.3) is 5.56 Å². The van der Waals surface area contributed by atoms with Gasteiger partial charge in [0, 0.05) is 25.4 Å². The number of nitrogens with zero attached hydrogens (tertiary/aromatic N) is 3. The fraction of sp³-hybridized carbons (Fsp3) is 0.350. The first-order valence-corrected chi connectivity index (χ1v) is 9.00. The summed E-state index contributed by atoms with van der Waals surface area (Å²) in [6.07, 6.45) is 5.23. The minimum absolute atomic E-state index is 0.0365. The highest BCUT2D eigenvalue weighted by atomic mass is 16.5. The van der Waals surface area contributed by atoms with Crippen LogP contribution in [0.5, 0.6) is 5.75 Å². The zero-order valence-electron chi connectivity index (χ0n) is 15.9. The minimum Gasteiger partial charge on any atom is -0.497 e. The van der Waals surface area contributed by atoms with Gasteiger partial charge in [0.15, 0.2) is 0 Å². The Labute approximate surface area is 157 Å². The van der Waals surface area contributed by atoms with Gasteiger partial charge in [-0.25, -0.2) is 4.98 Å². The second-order valence-electron chi connectivity index (χ2n) is 6.46. The summed E-state index contributed by atoms with van der Waals surface area (Å²) in [4.78, 5) is 29.4. The largest absolute Gasteiger partial charge is 0.497 e. The smallest absolute Gasteiger partial charge is 0.278 e. The second-order valence-corrected chi connectivity index (χ2v) is 6.46. The van der Waals surface area contributed by atoms with Gasteiger partial charge in [0.2, 0.25) is 5.91 Å². The number of unbranched alkanes of at least 4 members (excludes halogenated alkanes) is 1. The molecule has 1 amide bonds. The number of nitrogens with one attached hydrogen (secondary N) is 1. The Kier molecular flexibility index (Phi) is 5.59. The standard InChI is InChI=1S/C20H24N4O3/c1-4-5-9-21-17(25)12-24-13-22-18-16(11-23(2)19(18)20(24)26)14-7-6-8-15(10-14)27-3/h6-8,10-11,13H,4-5,9,12H2,1-3H3,(H,21,25). The molecule has 7 heteroatoms. The minimum atomic E-state index is -0.234. The van der Waals surface area contributed by atoms with Crippen LogP contribution in [0.25, 0.3) is 22.2 Å². The van der Waals surface area contributed by atoms with Crippen LogP contribution >= 0.6 is 0 Å². The van der Waals surface area contributed by atoms with Crippen molar-refractivity contribution in [1.82, 2.24) is 19.4 Å². The number of carbonyl (C=O) groups excluding carboxylic acids is 1. The lowest BCUT2D eigenvalue weighted by Crippen LogP contribution is -2.33. The lowest BCUT2D eigenvalue weighted by molar-refractivity contribution is -0.121. The van der Waals surface area contributed by atoms with Crippen molar-refractivity contribution >= 4 is 16.9 Å². The number of carbonyl (C=O) groups is 1. The number of ether oxygens (including phenoxy) is 1. The Hall–Kier alpha value is -3.09. The maximum atomic E-state index is 12.9. The molecular formula is C20H24N4O3. The van der Waals surface area contributed by atoms with E-state index in [2.05, 4.69) is 17.2 Å². The Bertz CT molecular complexity index is 1020. The number of amides is 1. The van der Waals surface area contributed by atoms with Gasteiger partial charge in [0.1, 0.15) is 23.3 Å². The first kappa shape index (κ1) is 18.7. The third-order valence-corrected chi connectivity index (χ3v) is 4.49. The Balaban J connectivity index is 1.96. The van der Waals surface area contributed by atoms with Gasteiger partial charge >= 0.3 is 0 Å². The van der Waals surface area contributed by atoms with Gasteiger partial charge in [-0.1, -0.05) is 25.5 Å². The van der Waals surface area contributed by atoms with Crippen LogP contribution in [0.3, 0.4) is 0 Å². The number of fused-ring (bicyclic) bond motifs is 1. The molecule has 0 spiro atoms. The number of benzene rings is 1. The van der Waals surface area contributed by atoms with E-state index in [0.717, 1.165) is 29.7 Å². The highest BCUT2D eigenvalue weighted by Gasteiger charge is 2.16. The SMILES string of the molecule is CCCCNC(=O)Cn1cnc2c(-c3cccc(OC)c3)cn(C)c2c1=O. The maximum absolute atomic E-state index is 12.9. The Morgan fingerprint density at radius 1 is 1.33 bits per heavy atom. The number of rotatable bonds is 7. The number of methoxy groups -OCH3 is 1. The molecule has 0 atom stereocenters. The second kappa shape index (κ2) is 8.07. The van der Waals surface area contributed by atoms with E-state index >= 15 is 0 Å². The lowest BCUT2D eigenvalue weighted by Gasteiger charge is -2.07. The van der Waals surface area contributed by atoms with Gasteiger partial charge in [-0.15, -0.1) is 0 Å². The molecule has 2 aromatic heterocycles. The van der Waals surface area contributed by atoms with Gasteiger partial charge in [-0.05, 0) is 24.1 Å². The average molecular weight is 368 g/mol. The molecule has 0 fully saturated rings. The maximum Gasteiger partial charge on any atom is 0.278 e. The third-order valence-electron chi connectivity index (χ3n) is 4.49. The fourth-order valence-corrected chi connectivity index (χ4v) is 3.04. The van der Waals surface area contributed by atoms with E-state index in [1.54, 1.807) is 18.7 Å². The van der Waals surface area contributed by atoms with Crippen molar-refractivity contribution in [3.05, 3.63) is 47.1 Å². The summed E-state index contributed by atoms with van der Waals surface area (Å²) in [7, 11) is 3.42. The van der Waals surface area contributed by atoms with Crippen LogP contribution in [-0.2, 0) is 18.4 Å². The third kappa shape index (κ3) is 3.86. The summed E-state index contributed by atoms with van der Waals surface area (Å²) in [5.74, 6) is 0.551. The molecule has 3 aromatic rings. The predicted molar refractivity (Wildman–Crippen MR) is 105 cm³/mol. The van der Waals surface area contributed by atoms with Crippen LogP contribution in [0.1, 0.15) is 19.8 Å². The summed E-state index contributed by atoms with van der Waals surface area (Å²) in [5.41, 5.74) is 2.61. The molecule has 142 valence electrons. The van der Waals surface area contributed by atoms with E-state index in [4.69, 9.17) is 4.74 Å². The highest BCUT2D eigenvalue weighted by Crippen LogP contribution is 2.29. The molecule has 1 aromatic carbocycles. The van der Waals surface area contributed by atoms with E-state index in [1.165, 1.54) is 10.9 Å². The number of aromatic nitrogens is 3. The van der Waals surface area contributed by atoms with Crippen molar-refractivity contribution in [1.29, 1.82) is 0 Å². The van der Waals surface area contributed by atoms with Crippen LogP contribution in [0, 0.1) is 0 Å². The summed E-state index contributed by atoms with van der Waals surface area (Å²) in [6, 6.07) is 7.62. The number of aryl methyl sites for hydroxylation is 1. The van der Waals surface area contributed by atoms with Crippen molar-refractivity contribution in [3.63, 3.8) is 0 Å². The van der Waals surface area contributed by atoms with Crippen molar-refractivity contribution in [2.75, 3.05) is 13.7 Å². The first-order chi connectivity index (χ1) is 13.0. The van der Waals surface area contributed by atoms with Crippen LogP contribution in [0.4, 0.5) is 0 Å². The molecule has 2 heterocycles. The quantitative estimate of drug-likeness (QED) is 0.649. The molecular weight excluding hydrogens is 344 g/mol. The summed E-state index contributed by atoms with van der Waals surface area (Å²) >= 11 is 0. The molecule has 0 aliphatic heterocycles. The molecule has 0 saturated carbocycles. The van der Waals surface area contributed by atoms with Crippen molar-refractivity contribution in [2.45, 2.75) is 26.3 Å². The van der Waals surface area contributed by atoms with E-state index in [9.17, 15) is 9.59 Å². The van der Waals surface area contributed by atoms with Crippen LogP contribution in [0.15, 0.2) is 41.6 Å². The average Bonchev–Trinajstić information content (AvgIpc) is 3.01. The molecule has 7 nitrogen and oxygen atoms in total. The van der Waals surface area contributed by atoms with Gasteiger partial charge in [-0.2, -0.15) is 0 Å². The molecule has 1 N–H and O–H groups in total. The van der Waals surface area contributed by atoms with Gasteiger partial charge in [-0.3, -0.25) is 14.2 Å². The normalized spacial score (nSPS) is 10.9. The van der Waals surface area contributed by atoms with Crippen LogP contribution in [-0.4, -0.2) is 33.7 Å². The molecule has 0 unspecified atom stereocenters. The van der Waals surface area contributed by atoms with Crippen LogP contribution in [0.2, 0.25) is 0 Å². The van der Waals surface area contributed by atoms with Gasteiger partial charge in [0.05, 0.1) is 13.4 Å². The molecule has 0 bridgehead atoms. The molecule has 0 saturated heterocycles. The van der Waals surface area contributed by atoms with E-state index in [-0.39, 0.29) is 18.0 Å². The summed E-state index contributed by atoms with van der Waals surface area (Å²) in [5, 5.41) is 2.82. The molecule has 0 aliphatic carbocycles. The van der Waals surface area contributed by atoms with Crippen molar-refractivity contribution < 1.29 is 9.53 Å². The van der Waals surface area contributed by atoms with Crippen LogP contribution < -0.4 is 15.6 Å². The zero-order valence-corrected chi connectivity index (χ0v) is 15.9. The number of hydrogen-bond acceptors (Lipinski definition) is 4. The molecule has 0 aliphatic rings. The summed E-state index contributed by atoms with van der Waals surface area (Å²) < 4.78 is 8.39. The fourth-order valence-electron chi connectivity index (χ4n) is 3.04. The zero-order chi connectivity index (χ0) is 19.4. The molecule has 27 heavy (non-hydrogen) atoms. The molecule has 3 rings (SSSR count). The first-order valence-electron chi connectivity index (χ1n) is 9.00. The van der Waals surface area contributed by atoms with Crippen molar-refractivity contribution in [2.24, 2.45) is 7.05 Å². The predicted octanol–water partition coefficient (Wildman–Crippen LogP) is 2.33. The summed E-state index contributed by atoms with van der Waals surface area (Å²) in [6.45, 7) is 2.64. The van der Waals surface area contributed by atoms with E-state index in [0.29, 0.717) is 17.6 Å².